The highest BCUT2D eigenvalue weighted by Crippen LogP contribution is 2.28. The molecule has 1 aliphatic heterocycles. The van der Waals surface area contributed by atoms with E-state index in [4.69, 9.17) is 0 Å². The van der Waals surface area contributed by atoms with Gasteiger partial charge in [-0.1, -0.05) is 0 Å². The van der Waals surface area contributed by atoms with Gasteiger partial charge in [-0.15, -0.1) is 0 Å². The molecule has 0 unspecified atom stereocenters. The molecule has 0 radical (unpaired) electrons. The number of hydrogen-bond donors (Lipinski definition) is 1. The number of hydrogen-bond acceptors (Lipinski definition) is 6. The fourth-order valence-corrected chi connectivity index (χ4v) is 8.03. The minimum absolute atomic E-state index is 0.00362. The van der Waals surface area contributed by atoms with Crippen LogP contribution in [-0.2, 0) is 19.7 Å². The lowest BCUT2D eigenvalue weighted by atomic mass is 10.2. The second-order valence-corrected chi connectivity index (χ2v) is 11.1. The third kappa shape index (κ3) is 4.99. The van der Waals surface area contributed by atoms with Gasteiger partial charge in [-0.05, 0) is 64.3 Å². The van der Waals surface area contributed by atoms with Gasteiger partial charge in [0.15, 0.2) is 19.7 Å². The molecule has 0 aromatic heterocycles. The predicted octanol–water partition coefficient (Wildman–Crippen LogP) is 0.615. The fraction of sp³-hybridized carbons (Fsp3) is 0.625. The molecular weight excluding hydrogens is 367 g/mol. The number of rotatable bonds is 7. The molecule has 142 valence electrons. The van der Waals surface area contributed by atoms with Crippen molar-refractivity contribution in [1.29, 1.82) is 0 Å². The molecule has 1 N–H and O–H groups in total. The molecule has 1 aromatic carbocycles. The Balaban J connectivity index is 2.23. The summed E-state index contributed by atoms with van der Waals surface area (Å²) in [7, 11) is -3.44. The molecule has 2 rings (SSSR count). The topological polar surface area (TPSA) is 83.5 Å². The second-order valence-electron chi connectivity index (χ2n) is 6.79. The molecule has 1 aromatic rings. The zero-order valence-electron chi connectivity index (χ0n) is 14.7. The number of benzene rings is 1. The van der Waals surface area contributed by atoms with Gasteiger partial charge in [0.2, 0.25) is 0 Å². The van der Waals surface area contributed by atoms with Crippen LogP contribution in [-0.4, -0.2) is 71.7 Å². The van der Waals surface area contributed by atoms with Crippen molar-refractivity contribution < 1.29 is 21.2 Å². The Morgan fingerprint density at radius 3 is 2.56 bits per heavy atom. The summed E-state index contributed by atoms with van der Waals surface area (Å²) in [4.78, 5) is 2.00. The SMILES string of the molecule is Cc1cc(F)ccc1S(=O)(=O)[C@H]1CS(=O)(=O)C[C@@H]1NCCCN(C)C. The Bertz CT molecular complexity index is 823. The van der Waals surface area contributed by atoms with E-state index in [9.17, 15) is 21.2 Å². The first kappa shape index (κ1) is 20.3. The van der Waals surface area contributed by atoms with E-state index >= 15 is 0 Å². The summed E-state index contributed by atoms with van der Waals surface area (Å²) in [5.74, 6) is -1.12. The number of nitrogens with one attached hydrogen (secondary N) is 1. The maximum atomic E-state index is 13.3. The molecule has 2 atom stereocenters. The van der Waals surface area contributed by atoms with E-state index in [0.717, 1.165) is 25.1 Å². The van der Waals surface area contributed by atoms with Crippen molar-refractivity contribution in [3.05, 3.63) is 29.6 Å². The van der Waals surface area contributed by atoms with Crippen molar-refractivity contribution >= 4 is 19.7 Å². The summed E-state index contributed by atoms with van der Waals surface area (Å²) in [5, 5.41) is 2.04. The Morgan fingerprint density at radius 1 is 1.28 bits per heavy atom. The van der Waals surface area contributed by atoms with Gasteiger partial charge >= 0.3 is 0 Å². The highest BCUT2D eigenvalue weighted by atomic mass is 32.2. The molecule has 6 nitrogen and oxygen atoms in total. The van der Waals surface area contributed by atoms with E-state index in [1.54, 1.807) is 0 Å². The number of halogens is 1. The molecule has 1 heterocycles. The van der Waals surface area contributed by atoms with Gasteiger partial charge in [0.1, 0.15) is 5.82 Å². The molecule has 1 fully saturated rings. The van der Waals surface area contributed by atoms with Crippen molar-refractivity contribution in [1.82, 2.24) is 10.2 Å². The molecule has 0 spiro atoms. The highest BCUT2D eigenvalue weighted by molar-refractivity contribution is 7.96. The predicted molar refractivity (Wildman–Crippen MR) is 95.7 cm³/mol. The van der Waals surface area contributed by atoms with Crippen LogP contribution in [0, 0.1) is 12.7 Å². The molecule has 0 aliphatic carbocycles. The minimum Gasteiger partial charge on any atom is -0.312 e. The highest BCUT2D eigenvalue weighted by Gasteiger charge is 2.45. The zero-order chi connectivity index (χ0) is 18.8. The van der Waals surface area contributed by atoms with Crippen LogP contribution >= 0.6 is 0 Å². The summed E-state index contributed by atoms with van der Waals surface area (Å²) in [6.45, 7) is 2.87. The lowest BCUT2D eigenvalue weighted by Crippen LogP contribution is -2.44. The van der Waals surface area contributed by atoms with Crippen molar-refractivity contribution in [2.45, 2.75) is 29.5 Å². The average Bonchev–Trinajstić information content (AvgIpc) is 2.79. The molecule has 25 heavy (non-hydrogen) atoms. The number of sulfone groups is 2. The number of nitrogens with zero attached hydrogens (tertiary/aromatic N) is 1. The van der Waals surface area contributed by atoms with Gasteiger partial charge in [0.05, 0.1) is 21.7 Å². The van der Waals surface area contributed by atoms with Crippen LogP contribution in [0.25, 0.3) is 0 Å². The van der Waals surface area contributed by atoms with Crippen LogP contribution < -0.4 is 5.32 Å². The van der Waals surface area contributed by atoms with E-state index in [2.05, 4.69) is 5.32 Å². The minimum atomic E-state index is -3.88. The normalized spacial score (nSPS) is 23.2. The smallest absolute Gasteiger partial charge is 0.184 e. The second kappa shape index (κ2) is 7.69. The molecule has 1 aliphatic rings. The summed E-state index contributed by atoms with van der Waals surface area (Å²) >= 11 is 0. The lowest BCUT2D eigenvalue weighted by molar-refractivity contribution is 0.388. The van der Waals surface area contributed by atoms with E-state index in [1.165, 1.54) is 13.0 Å². The maximum absolute atomic E-state index is 13.3. The third-order valence-electron chi connectivity index (χ3n) is 4.33. The fourth-order valence-electron chi connectivity index (χ4n) is 3.09. The quantitative estimate of drug-likeness (QED) is 0.541. The first-order valence-electron chi connectivity index (χ1n) is 8.11. The van der Waals surface area contributed by atoms with Crippen LogP contribution in [0.2, 0.25) is 0 Å². The molecular formula is C16H25FN2O4S2. The summed E-state index contributed by atoms with van der Waals surface area (Å²) in [5.41, 5.74) is 0.288. The van der Waals surface area contributed by atoms with Crippen LogP contribution in [0.1, 0.15) is 12.0 Å². The summed E-state index contributed by atoms with van der Waals surface area (Å²) in [6.07, 6.45) is 0.784. The molecule has 1 saturated heterocycles. The largest absolute Gasteiger partial charge is 0.312 e. The van der Waals surface area contributed by atoms with Crippen molar-refractivity contribution in [3.8, 4) is 0 Å². The first-order chi connectivity index (χ1) is 11.5. The van der Waals surface area contributed by atoms with E-state index in [-0.39, 0.29) is 16.2 Å². The zero-order valence-corrected chi connectivity index (χ0v) is 16.3. The van der Waals surface area contributed by atoms with Gasteiger partial charge in [0, 0.05) is 6.04 Å². The lowest BCUT2D eigenvalue weighted by Gasteiger charge is -2.21. The van der Waals surface area contributed by atoms with Crippen LogP contribution in [0.5, 0.6) is 0 Å². The van der Waals surface area contributed by atoms with Crippen LogP contribution in [0.4, 0.5) is 4.39 Å². The van der Waals surface area contributed by atoms with E-state index in [0.29, 0.717) is 6.54 Å². The van der Waals surface area contributed by atoms with Gasteiger partial charge in [-0.3, -0.25) is 0 Å². The average molecular weight is 393 g/mol. The monoisotopic (exact) mass is 392 g/mol. The molecule has 0 saturated carbocycles. The van der Waals surface area contributed by atoms with Gasteiger partial charge in [-0.2, -0.15) is 0 Å². The van der Waals surface area contributed by atoms with E-state index in [1.807, 2.05) is 19.0 Å². The summed E-state index contributed by atoms with van der Waals surface area (Å²) < 4.78 is 63.3. The first-order valence-corrected chi connectivity index (χ1v) is 11.5. The van der Waals surface area contributed by atoms with Gasteiger partial charge in [0.25, 0.3) is 0 Å². The Hall–Kier alpha value is -1.03. The molecule has 0 amide bonds. The van der Waals surface area contributed by atoms with Gasteiger partial charge in [-0.25, -0.2) is 21.2 Å². The maximum Gasteiger partial charge on any atom is 0.184 e. The standard InChI is InChI=1S/C16H25FN2O4S2/c1-12-9-13(17)5-6-15(12)25(22,23)16-11-24(20,21)10-14(16)18-7-4-8-19(2)3/h5-6,9,14,16,18H,4,7-8,10-11H2,1-3H3/t14-,16-/m0/s1. The van der Waals surface area contributed by atoms with Crippen LogP contribution in [0.15, 0.2) is 23.1 Å². The summed E-state index contributed by atoms with van der Waals surface area (Å²) in [6, 6.07) is 2.80. The van der Waals surface area contributed by atoms with Crippen molar-refractivity contribution in [3.63, 3.8) is 0 Å². The molecule has 9 heteroatoms. The van der Waals surface area contributed by atoms with Gasteiger partial charge < -0.3 is 10.2 Å². The Labute approximate surface area is 149 Å². The van der Waals surface area contributed by atoms with Crippen molar-refractivity contribution in [2.75, 3.05) is 38.7 Å². The van der Waals surface area contributed by atoms with Crippen LogP contribution in [0.3, 0.4) is 0 Å². The number of aryl methyl sites for hydroxylation is 1. The molecule has 0 bridgehead atoms. The van der Waals surface area contributed by atoms with Crippen molar-refractivity contribution in [2.24, 2.45) is 0 Å². The van der Waals surface area contributed by atoms with E-state index < -0.39 is 42.5 Å². The third-order valence-corrected chi connectivity index (χ3v) is 8.64. The Morgan fingerprint density at radius 2 is 1.96 bits per heavy atom. The Kier molecular flexibility index (Phi) is 6.24.